The zero-order valence-electron chi connectivity index (χ0n) is 10.8. The second-order valence-corrected chi connectivity index (χ2v) is 5.15. The average molecular weight is 289 g/mol. The van der Waals surface area contributed by atoms with Gasteiger partial charge in [-0.1, -0.05) is 12.1 Å². The molecule has 0 bridgehead atoms. The van der Waals surface area contributed by atoms with Crippen molar-refractivity contribution in [1.82, 2.24) is 15.3 Å². The Morgan fingerprint density at radius 3 is 3.05 bits per heavy atom. The number of para-hydroxylation sites is 2. The zero-order valence-corrected chi connectivity index (χ0v) is 11.5. The van der Waals surface area contributed by atoms with E-state index in [0.29, 0.717) is 11.9 Å². The van der Waals surface area contributed by atoms with Crippen LogP contribution in [0.15, 0.2) is 24.3 Å². The molecule has 0 unspecified atom stereocenters. The number of anilines is 2. The lowest BCUT2D eigenvalue weighted by Crippen LogP contribution is -2.30. The number of aromatic nitrogens is 2. The van der Waals surface area contributed by atoms with Crippen LogP contribution >= 0.6 is 11.6 Å². The summed E-state index contributed by atoms with van der Waals surface area (Å²) in [6.45, 7) is 2.93. The zero-order chi connectivity index (χ0) is 13.5. The molecule has 5 nitrogen and oxygen atoms in total. The Morgan fingerprint density at radius 1 is 1.20 bits per heavy atom. The minimum absolute atomic E-state index is 0.298. The Kier molecular flexibility index (Phi) is 2.75. The van der Waals surface area contributed by atoms with Gasteiger partial charge in [-0.25, -0.2) is 4.98 Å². The first-order chi connectivity index (χ1) is 9.83. The molecule has 6 heteroatoms. The normalized spacial score (nSPS) is 16.6. The Bertz CT molecular complexity index is 676. The Hall–Kier alpha value is -1.85. The molecule has 2 aliphatic rings. The lowest BCUT2D eigenvalue weighted by molar-refractivity contribution is 0.313. The predicted molar refractivity (Wildman–Crippen MR) is 76.5 cm³/mol. The maximum atomic E-state index is 6.07. The number of benzene rings is 1. The molecular formula is C14H13ClN4O. The molecule has 0 spiro atoms. The van der Waals surface area contributed by atoms with Crippen molar-refractivity contribution in [3.63, 3.8) is 0 Å². The van der Waals surface area contributed by atoms with Crippen LogP contribution in [-0.2, 0) is 13.1 Å². The SMILES string of the molecule is Clc1nc2c(c(N3CCOc4ccccc43)n1)CNC2. The molecule has 2 aromatic rings. The van der Waals surface area contributed by atoms with Gasteiger partial charge in [0.05, 0.1) is 17.9 Å². The quantitative estimate of drug-likeness (QED) is 0.816. The molecule has 0 fully saturated rings. The van der Waals surface area contributed by atoms with Crippen LogP contribution in [-0.4, -0.2) is 23.1 Å². The molecule has 3 heterocycles. The van der Waals surface area contributed by atoms with Crippen molar-refractivity contribution in [2.24, 2.45) is 0 Å². The second-order valence-electron chi connectivity index (χ2n) is 4.81. The molecule has 1 aromatic carbocycles. The number of fused-ring (bicyclic) bond motifs is 2. The third-order valence-corrected chi connectivity index (χ3v) is 3.79. The summed E-state index contributed by atoms with van der Waals surface area (Å²) in [7, 11) is 0. The highest BCUT2D eigenvalue weighted by molar-refractivity contribution is 6.28. The molecule has 4 rings (SSSR count). The van der Waals surface area contributed by atoms with Crippen molar-refractivity contribution in [1.29, 1.82) is 0 Å². The number of rotatable bonds is 1. The number of nitrogens with one attached hydrogen (secondary N) is 1. The summed E-state index contributed by atoms with van der Waals surface area (Å²) in [5, 5.41) is 3.60. The molecule has 20 heavy (non-hydrogen) atoms. The predicted octanol–water partition coefficient (Wildman–Crippen LogP) is 2.26. The van der Waals surface area contributed by atoms with Crippen LogP contribution in [0.25, 0.3) is 0 Å². The van der Waals surface area contributed by atoms with E-state index < -0.39 is 0 Å². The van der Waals surface area contributed by atoms with Crippen molar-refractivity contribution < 1.29 is 4.74 Å². The summed E-state index contributed by atoms with van der Waals surface area (Å²) >= 11 is 6.07. The molecule has 1 aromatic heterocycles. The lowest BCUT2D eigenvalue weighted by Gasteiger charge is -2.31. The highest BCUT2D eigenvalue weighted by atomic mass is 35.5. The van der Waals surface area contributed by atoms with E-state index in [1.807, 2.05) is 24.3 Å². The van der Waals surface area contributed by atoms with Gasteiger partial charge in [0.1, 0.15) is 18.2 Å². The third-order valence-electron chi connectivity index (χ3n) is 3.62. The van der Waals surface area contributed by atoms with E-state index in [0.717, 1.165) is 48.1 Å². The highest BCUT2D eigenvalue weighted by Crippen LogP contribution is 2.38. The number of ether oxygens (including phenoxy) is 1. The number of hydrogen-bond acceptors (Lipinski definition) is 5. The molecule has 2 aliphatic heterocycles. The number of halogens is 1. The topological polar surface area (TPSA) is 50.3 Å². The van der Waals surface area contributed by atoms with Gasteiger partial charge in [-0.15, -0.1) is 0 Å². The molecule has 0 amide bonds. The minimum Gasteiger partial charge on any atom is -0.490 e. The average Bonchev–Trinajstić information content (AvgIpc) is 2.94. The molecule has 0 aliphatic carbocycles. The van der Waals surface area contributed by atoms with Gasteiger partial charge in [0.25, 0.3) is 0 Å². The summed E-state index contributed by atoms with van der Waals surface area (Å²) in [6, 6.07) is 7.99. The standard InChI is InChI=1S/C14H13ClN4O/c15-14-17-10-8-16-7-9(10)13(18-14)19-5-6-20-12-4-2-1-3-11(12)19/h1-4,16H,5-8H2. The van der Waals surface area contributed by atoms with Crippen LogP contribution in [0.3, 0.4) is 0 Å². The van der Waals surface area contributed by atoms with Gasteiger partial charge in [0.2, 0.25) is 5.28 Å². The van der Waals surface area contributed by atoms with Crippen molar-refractivity contribution >= 4 is 23.1 Å². The van der Waals surface area contributed by atoms with E-state index in [4.69, 9.17) is 16.3 Å². The van der Waals surface area contributed by atoms with Gasteiger partial charge >= 0.3 is 0 Å². The van der Waals surface area contributed by atoms with Gasteiger partial charge in [0.15, 0.2) is 0 Å². The molecule has 0 atom stereocenters. The van der Waals surface area contributed by atoms with Crippen LogP contribution in [0.2, 0.25) is 5.28 Å². The van der Waals surface area contributed by atoms with Gasteiger partial charge in [-0.2, -0.15) is 4.98 Å². The summed E-state index contributed by atoms with van der Waals surface area (Å²) < 4.78 is 5.69. The fraction of sp³-hybridized carbons (Fsp3) is 0.286. The van der Waals surface area contributed by atoms with Gasteiger partial charge in [-0.3, -0.25) is 0 Å². The molecule has 0 saturated carbocycles. The van der Waals surface area contributed by atoms with Crippen LogP contribution in [0, 0.1) is 0 Å². The van der Waals surface area contributed by atoms with E-state index in [1.54, 1.807) is 0 Å². The maximum Gasteiger partial charge on any atom is 0.224 e. The molecule has 1 N–H and O–H groups in total. The van der Waals surface area contributed by atoms with Crippen molar-refractivity contribution in [2.45, 2.75) is 13.1 Å². The van der Waals surface area contributed by atoms with E-state index in [-0.39, 0.29) is 0 Å². The molecule has 102 valence electrons. The largest absolute Gasteiger partial charge is 0.490 e. The summed E-state index contributed by atoms with van der Waals surface area (Å²) in [5.74, 6) is 1.77. The summed E-state index contributed by atoms with van der Waals surface area (Å²) in [4.78, 5) is 10.9. The maximum absolute atomic E-state index is 6.07. The first-order valence-electron chi connectivity index (χ1n) is 6.58. The van der Waals surface area contributed by atoms with Crippen LogP contribution in [0.4, 0.5) is 11.5 Å². The summed E-state index contributed by atoms with van der Waals surface area (Å²) in [5.41, 5.74) is 3.15. The van der Waals surface area contributed by atoms with E-state index in [9.17, 15) is 0 Å². The van der Waals surface area contributed by atoms with Crippen molar-refractivity contribution in [3.8, 4) is 5.75 Å². The first-order valence-corrected chi connectivity index (χ1v) is 6.96. The Balaban J connectivity index is 1.87. The minimum atomic E-state index is 0.298. The van der Waals surface area contributed by atoms with Crippen molar-refractivity contribution in [2.75, 3.05) is 18.1 Å². The lowest BCUT2D eigenvalue weighted by atomic mass is 10.2. The smallest absolute Gasteiger partial charge is 0.224 e. The monoisotopic (exact) mass is 288 g/mol. The van der Waals surface area contributed by atoms with Gasteiger partial charge < -0.3 is 15.0 Å². The summed E-state index contributed by atoms with van der Waals surface area (Å²) in [6.07, 6.45) is 0. The molecule has 0 saturated heterocycles. The number of hydrogen-bond donors (Lipinski definition) is 1. The molecular weight excluding hydrogens is 276 g/mol. The van der Waals surface area contributed by atoms with E-state index in [1.165, 1.54) is 0 Å². The number of nitrogens with zero attached hydrogens (tertiary/aromatic N) is 3. The third kappa shape index (κ3) is 1.82. The second kappa shape index (κ2) is 4.61. The molecule has 0 radical (unpaired) electrons. The van der Waals surface area contributed by atoms with Crippen LogP contribution in [0.5, 0.6) is 5.75 Å². The first kappa shape index (κ1) is 11.9. The highest BCUT2D eigenvalue weighted by Gasteiger charge is 2.26. The van der Waals surface area contributed by atoms with Gasteiger partial charge in [0, 0.05) is 18.7 Å². The van der Waals surface area contributed by atoms with Crippen LogP contribution < -0.4 is 15.0 Å². The Morgan fingerprint density at radius 2 is 2.10 bits per heavy atom. The van der Waals surface area contributed by atoms with E-state index >= 15 is 0 Å². The van der Waals surface area contributed by atoms with Crippen LogP contribution in [0.1, 0.15) is 11.3 Å². The van der Waals surface area contributed by atoms with E-state index in [2.05, 4.69) is 20.2 Å². The van der Waals surface area contributed by atoms with Crippen molar-refractivity contribution in [3.05, 3.63) is 40.8 Å². The Labute approximate surface area is 121 Å². The van der Waals surface area contributed by atoms with Gasteiger partial charge in [-0.05, 0) is 23.7 Å². The fourth-order valence-electron chi connectivity index (χ4n) is 2.73. The fourth-order valence-corrected chi connectivity index (χ4v) is 2.92.